The summed E-state index contributed by atoms with van der Waals surface area (Å²) in [6.07, 6.45) is 14.8. The fourth-order valence-corrected chi connectivity index (χ4v) is 12.3. The van der Waals surface area contributed by atoms with Gasteiger partial charge in [0.05, 0.1) is 55.8 Å². The van der Waals surface area contributed by atoms with Gasteiger partial charge in [-0.1, -0.05) is 62.6 Å². The van der Waals surface area contributed by atoms with Crippen LogP contribution in [0.15, 0.2) is 162 Å². The number of aliphatic hydroxyl groups excluding tert-OH is 1. The Morgan fingerprint density at radius 1 is 0.625 bits per heavy atom. The maximum Gasteiger partial charge on any atom is 0.248 e. The quantitative estimate of drug-likeness (QED) is 0.0148. The number of rotatable bonds is 35. The van der Waals surface area contributed by atoms with E-state index in [0.717, 1.165) is 120 Å². The molecule has 8 rings (SSSR count). The third kappa shape index (κ3) is 19.7. The molecule has 0 aliphatic carbocycles. The standard InChI is InChI=1S/C70H81FN6O9S2/c1-7-9-37-83-39-41-85-62-27-16-54(17-28-62)58-43-50(3)70(82-6)57(45-58)20-35-69(79)75-60-23-31-64(32-24-60)88(81)47-67-52(5)73-49-77(67)36-12-10-11-13-38-84-40-42-86-61-25-14-53(15-26-61)55-18-33-65(71)56(44-55)19-34-68(78)74-59-21-29-63(30-22-59)87(80)46-66-51(4)72-48-76(66)8-2/h14-35,43-45,48-49,68,74,78H,7-13,36-42,46-47H2,1-6H3,(H,75,79)/b34-19+,35-20+. The number of nitrogens with zero attached hydrogens (tertiary/aromatic N) is 4. The third-order valence-corrected chi connectivity index (χ3v) is 17.5. The molecule has 0 aliphatic rings. The van der Waals surface area contributed by atoms with Gasteiger partial charge in [0.25, 0.3) is 0 Å². The number of carbonyl (C=O) groups is 1. The van der Waals surface area contributed by atoms with Gasteiger partial charge in [0.1, 0.15) is 42.5 Å². The molecule has 6 aromatic carbocycles. The Kier molecular flexibility index (Phi) is 25.7. The van der Waals surface area contributed by atoms with Crippen LogP contribution in [-0.4, -0.2) is 92.2 Å². The molecule has 3 unspecified atom stereocenters. The number of anilines is 2. The second-order valence-corrected chi connectivity index (χ2v) is 24.1. The molecule has 0 aliphatic heterocycles. The van der Waals surface area contributed by atoms with Gasteiger partial charge in [0.2, 0.25) is 5.91 Å². The third-order valence-electron chi connectivity index (χ3n) is 14.8. The first-order valence-corrected chi connectivity index (χ1v) is 32.6. The van der Waals surface area contributed by atoms with E-state index in [0.29, 0.717) is 82.8 Å². The Morgan fingerprint density at radius 3 is 1.77 bits per heavy atom. The molecule has 0 bridgehead atoms. The van der Waals surface area contributed by atoms with Crippen molar-refractivity contribution in [1.29, 1.82) is 0 Å². The Hall–Kier alpha value is -7.68. The minimum Gasteiger partial charge on any atom is -0.611 e. The molecule has 3 atom stereocenters. The van der Waals surface area contributed by atoms with E-state index in [1.807, 2.05) is 93.2 Å². The van der Waals surface area contributed by atoms with Crippen molar-refractivity contribution >= 4 is 51.8 Å². The number of benzene rings is 6. The fraction of sp³-hybridized carbons (Fsp3) is 0.329. The van der Waals surface area contributed by atoms with Crippen LogP contribution in [0.5, 0.6) is 17.2 Å². The number of amides is 1. The van der Waals surface area contributed by atoms with Crippen LogP contribution in [0.4, 0.5) is 15.8 Å². The van der Waals surface area contributed by atoms with Gasteiger partial charge in [-0.25, -0.2) is 14.4 Å². The molecular formula is C70H81FN6O9S2. The summed E-state index contributed by atoms with van der Waals surface area (Å²) in [6, 6.07) is 38.6. The number of hydrogen-bond donors (Lipinski definition) is 3. The summed E-state index contributed by atoms with van der Waals surface area (Å²) in [7, 11) is 1.62. The number of carbonyl (C=O) groups excluding carboxylic acids is 1. The number of ether oxygens (including phenoxy) is 5. The van der Waals surface area contributed by atoms with Crippen LogP contribution in [0.25, 0.3) is 34.4 Å². The number of halogens is 1. The van der Waals surface area contributed by atoms with Gasteiger partial charge in [0.15, 0.2) is 21.3 Å². The number of aryl methyl sites for hydroxylation is 5. The number of nitrogens with one attached hydrogen (secondary N) is 2. The van der Waals surface area contributed by atoms with E-state index >= 15 is 0 Å². The summed E-state index contributed by atoms with van der Waals surface area (Å²) in [6.45, 7) is 14.8. The summed E-state index contributed by atoms with van der Waals surface area (Å²) in [4.78, 5) is 23.4. The number of hydrogen-bond acceptors (Lipinski definition) is 12. The number of aromatic nitrogens is 4. The monoisotopic (exact) mass is 1230 g/mol. The van der Waals surface area contributed by atoms with E-state index < -0.39 is 34.4 Å². The first-order chi connectivity index (χ1) is 42.8. The molecule has 464 valence electrons. The highest BCUT2D eigenvalue weighted by Crippen LogP contribution is 2.33. The van der Waals surface area contributed by atoms with Crippen molar-refractivity contribution in [2.45, 2.75) is 114 Å². The van der Waals surface area contributed by atoms with Gasteiger partial charge >= 0.3 is 0 Å². The van der Waals surface area contributed by atoms with E-state index in [4.69, 9.17) is 23.7 Å². The molecule has 8 aromatic rings. The lowest BCUT2D eigenvalue weighted by Crippen LogP contribution is -2.15. The average Bonchev–Trinajstić information content (AvgIpc) is 4.03. The van der Waals surface area contributed by atoms with Crippen molar-refractivity contribution in [3.63, 3.8) is 0 Å². The first-order valence-electron chi connectivity index (χ1n) is 30.0. The zero-order valence-corrected chi connectivity index (χ0v) is 52.8. The predicted molar refractivity (Wildman–Crippen MR) is 350 cm³/mol. The molecule has 0 saturated carbocycles. The highest BCUT2D eigenvalue weighted by Gasteiger charge is 2.20. The summed E-state index contributed by atoms with van der Waals surface area (Å²) < 4.78 is 74.7. The maximum absolute atomic E-state index is 14.9. The lowest BCUT2D eigenvalue weighted by atomic mass is 9.98. The van der Waals surface area contributed by atoms with Crippen LogP contribution in [0.3, 0.4) is 0 Å². The molecule has 2 aromatic heterocycles. The Morgan fingerprint density at radius 2 is 1.17 bits per heavy atom. The average molecular weight is 1230 g/mol. The molecular weight excluding hydrogens is 1150 g/mol. The van der Waals surface area contributed by atoms with E-state index in [9.17, 15) is 23.4 Å². The smallest absolute Gasteiger partial charge is 0.248 e. The van der Waals surface area contributed by atoms with Crippen molar-refractivity contribution in [3.8, 4) is 39.5 Å². The van der Waals surface area contributed by atoms with Gasteiger partial charge in [-0.2, -0.15) is 0 Å². The van der Waals surface area contributed by atoms with E-state index in [2.05, 4.69) is 38.2 Å². The van der Waals surface area contributed by atoms with Crippen molar-refractivity contribution in [2.75, 3.05) is 57.4 Å². The van der Waals surface area contributed by atoms with Crippen molar-refractivity contribution in [2.24, 2.45) is 0 Å². The molecule has 0 radical (unpaired) electrons. The molecule has 0 fully saturated rings. The first kappa shape index (κ1) is 66.3. The van der Waals surface area contributed by atoms with Gasteiger partial charge in [-0.05, 0) is 206 Å². The van der Waals surface area contributed by atoms with Gasteiger partial charge < -0.3 is 57.7 Å². The van der Waals surface area contributed by atoms with Gasteiger partial charge in [-0.3, -0.25) is 4.79 Å². The molecule has 2 heterocycles. The fourth-order valence-electron chi connectivity index (χ4n) is 9.86. The zero-order chi connectivity index (χ0) is 62.2. The maximum atomic E-state index is 14.9. The second kappa shape index (κ2) is 34.2. The van der Waals surface area contributed by atoms with E-state index in [1.54, 1.807) is 86.3 Å². The Labute approximate surface area is 523 Å². The van der Waals surface area contributed by atoms with Crippen LogP contribution < -0.4 is 24.8 Å². The lowest BCUT2D eigenvalue weighted by molar-refractivity contribution is -0.111. The van der Waals surface area contributed by atoms with Gasteiger partial charge in [0, 0.05) is 54.9 Å². The summed E-state index contributed by atoms with van der Waals surface area (Å²) >= 11 is -2.59. The lowest BCUT2D eigenvalue weighted by Gasteiger charge is -2.14. The molecule has 0 saturated heterocycles. The van der Waals surface area contributed by atoms with Crippen molar-refractivity contribution in [3.05, 3.63) is 197 Å². The Balaban J connectivity index is 0.699. The summed E-state index contributed by atoms with van der Waals surface area (Å²) in [5.41, 5.74) is 10.6. The van der Waals surface area contributed by atoms with E-state index in [-0.39, 0.29) is 5.91 Å². The highest BCUT2D eigenvalue weighted by molar-refractivity contribution is 7.91. The van der Waals surface area contributed by atoms with Crippen molar-refractivity contribution < 1.29 is 47.1 Å². The number of aliphatic hydroxyl groups is 1. The summed E-state index contributed by atoms with van der Waals surface area (Å²) in [5, 5.41) is 16.6. The number of methoxy groups -OCH3 is 1. The highest BCUT2D eigenvalue weighted by atomic mass is 32.2. The molecule has 0 spiro atoms. The molecule has 88 heavy (non-hydrogen) atoms. The van der Waals surface area contributed by atoms with Crippen molar-refractivity contribution in [1.82, 2.24) is 19.1 Å². The minimum atomic E-state index is -1.33. The van der Waals surface area contributed by atoms with Crippen LogP contribution in [-0.2, 0) is 61.2 Å². The molecule has 18 heteroatoms. The molecule has 1 amide bonds. The minimum absolute atomic E-state index is 0.308. The van der Waals surface area contributed by atoms with Crippen LogP contribution in [0, 0.1) is 26.6 Å². The molecule has 15 nitrogen and oxygen atoms in total. The summed E-state index contributed by atoms with van der Waals surface area (Å²) in [5.74, 6) is 2.12. The predicted octanol–water partition coefficient (Wildman–Crippen LogP) is 14.1. The zero-order valence-electron chi connectivity index (χ0n) is 51.2. The van der Waals surface area contributed by atoms with E-state index in [1.165, 1.54) is 18.2 Å². The van der Waals surface area contributed by atoms with Crippen LogP contribution in [0.2, 0.25) is 0 Å². The Bertz CT molecular complexity index is 3520. The number of imidazole rings is 2. The van der Waals surface area contributed by atoms with Crippen LogP contribution >= 0.6 is 0 Å². The van der Waals surface area contributed by atoms with Crippen LogP contribution in [0.1, 0.15) is 91.8 Å². The largest absolute Gasteiger partial charge is 0.611 e. The normalized spacial score (nSPS) is 12.6. The second-order valence-electron chi connectivity index (χ2n) is 21.2. The SMILES string of the molecule is CCCCOCCOc1ccc(-c2cc(C)c(OC)c(/C=C/C(=O)Nc3ccc([S+]([O-])Cc4c(C)ncn4CCCCCCOCCOc4ccc(-c5ccc(F)c(/C=C/C(O)Nc6ccc([S+]([O-])Cc7c(C)ncn7CC)cc6)c5)cc4)cc3)c2)cc1. The van der Waals surface area contributed by atoms with Gasteiger partial charge in [-0.15, -0.1) is 0 Å². The topological polar surface area (TPSA) is 189 Å². The number of unbranched alkanes of at least 4 members (excludes halogenated alkanes) is 4. The molecule has 3 N–H and O–H groups in total.